The number of carbonyl (C=O) groups excluding carboxylic acids is 2. The smallest absolute Gasteiger partial charge is 0.227 e. The molecule has 1 saturated heterocycles. The topological polar surface area (TPSA) is 49.4 Å². The monoisotopic (exact) mass is 406 g/mol. The summed E-state index contributed by atoms with van der Waals surface area (Å²) < 4.78 is 0.951. The van der Waals surface area contributed by atoms with Gasteiger partial charge in [-0.15, -0.1) is 0 Å². The van der Waals surface area contributed by atoms with Crippen LogP contribution in [0.4, 0.5) is 5.69 Å². The van der Waals surface area contributed by atoms with Gasteiger partial charge in [-0.25, -0.2) is 0 Å². The van der Waals surface area contributed by atoms with Gasteiger partial charge < -0.3 is 10.2 Å². The third kappa shape index (κ3) is 3.79. The van der Waals surface area contributed by atoms with E-state index in [1.807, 2.05) is 42.5 Å². The molecule has 1 atom stereocenters. The summed E-state index contributed by atoms with van der Waals surface area (Å²) in [5, 5.41) is 3.50. The number of rotatable bonds is 4. The second-order valence-electron chi connectivity index (χ2n) is 5.69. The maximum Gasteiger partial charge on any atom is 0.227 e. The molecule has 1 aliphatic heterocycles. The Balaban J connectivity index is 1.62. The lowest BCUT2D eigenvalue weighted by molar-refractivity contribution is -0.126. The van der Waals surface area contributed by atoms with Gasteiger partial charge in [-0.05, 0) is 35.9 Å². The predicted molar refractivity (Wildman–Crippen MR) is 97.9 cm³/mol. The highest BCUT2D eigenvalue weighted by Gasteiger charge is 2.34. The van der Waals surface area contributed by atoms with Crippen LogP contribution in [0.3, 0.4) is 0 Å². The zero-order chi connectivity index (χ0) is 17.1. The van der Waals surface area contributed by atoms with Crippen molar-refractivity contribution in [3.05, 3.63) is 63.6 Å². The molecule has 1 aliphatic rings. The maximum absolute atomic E-state index is 12.4. The Hall–Kier alpha value is -1.85. The number of carbonyl (C=O) groups is 2. The zero-order valence-electron chi connectivity index (χ0n) is 12.8. The summed E-state index contributed by atoms with van der Waals surface area (Å²) in [7, 11) is 0. The van der Waals surface area contributed by atoms with Crippen molar-refractivity contribution in [2.24, 2.45) is 5.92 Å². The third-order valence-electron chi connectivity index (χ3n) is 4.05. The summed E-state index contributed by atoms with van der Waals surface area (Å²) in [6.07, 6.45) is 0.227. The van der Waals surface area contributed by atoms with Crippen molar-refractivity contribution in [2.45, 2.75) is 13.0 Å². The van der Waals surface area contributed by atoms with Crippen molar-refractivity contribution < 1.29 is 9.59 Å². The van der Waals surface area contributed by atoms with Crippen LogP contribution < -0.4 is 10.2 Å². The summed E-state index contributed by atoms with van der Waals surface area (Å²) in [4.78, 5) is 26.2. The Morgan fingerprint density at radius 3 is 2.62 bits per heavy atom. The maximum atomic E-state index is 12.4. The van der Waals surface area contributed by atoms with Gasteiger partial charge in [0.15, 0.2) is 0 Å². The number of benzene rings is 2. The minimum absolute atomic E-state index is 0.0322. The van der Waals surface area contributed by atoms with Gasteiger partial charge in [0.25, 0.3) is 0 Å². The largest absolute Gasteiger partial charge is 0.352 e. The van der Waals surface area contributed by atoms with Gasteiger partial charge in [-0.3, -0.25) is 9.59 Å². The van der Waals surface area contributed by atoms with Crippen LogP contribution in [0.15, 0.2) is 53.0 Å². The Kier molecular flexibility index (Phi) is 5.21. The van der Waals surface area contributed by atoms with E-state index in [1.165, 1.54) is 0 Å². The second kappa shape index (κ2) is 7.36. The highest BCUT2D eigenvalue weighted by Crippen LogP contribution is 2.26. The normalized spacial score (nSPS) is 17.2. The predicted octanol–water partition coefficient (Wildman–Crippen LogP) is 3.77. The Labute approximate surface area is 153 Å². The van der Waals surface area contributed by atoms with Gasteiger partial charge in [0, 0.05) is 34.7 Å². The van der Waals surface area contributed by atoms with Crippen LogP contribution in [0, 0.1) is 5.92 Å². The first kappa shape index (κ1) is 17.0. The molecule has 2 amide bonds. The minimum Gasteiger partial charge on any atom is -0.352 e. The molecule has 0 aliphatic carbocycles. The molecule has 0 bridgehead atoms. The molecule has 0 saturated carbocycles. The van der Waals surface area contributed by atoms with E-state index in [9.17, 15) is 9.59 Å². The molecule has 1 N–H and O–H groups in total. The lowest BCUT2D eigenvalue weighted by atomic mass is 10.1. The summed E-state index contributed by atoms with van der Waals surface area (Å²) in [5.74, 6) is -0.498. The van der Waals surface area contributed by atoms with Crippen LogP contribution in [-0.2, 0) is 16.1 Å². The van der Waals surface area contributed by atoms with Crippen LogP contribution in [0.1, 0.15) is 12.0 Å². The van der Waals surface area contributed by atoms with Crippen LogP contribution in [0.5, 0.6) is 0 Å². The van der Waals surface area contributed by atoms with Crippen molar-refractivity contribution in [1.82, 2.24) is 5.32 Å². The van der Waals surface area contributed by atoms with E-state index in [-0.39, 0.29) is 24.2 Å². The Bertz CT molecular complexity index is 764. The highest BCUT2D eigenvalue weighted by atomic mass is 79.9. The number of nitrogens with one attached hydrogen (secondary N) is 1. The van der Waals surface area contributed by atoms with E-state index in [2.05, 4.69) is 21.2 Å². The fraction of sp³-hybridized carbons (Fsp3) is 0.222. The van der Waals surface area contributed by atoms with Crippen LogP contribution in [0.25, 0.3) is 0 Å². The number of nitrogens with zero attached hydrogens (tertiary/aromatic N) is 1. The summed E-state index contributed by atoms with van der Waals surface area (Å²) in [5.41, 5.74) is 1.67. The molecule has 1 fully saturated rings. The molecule has 24 heavy (non-hydrogen) atoms. The van der Waals surface area contributed by atoms with Gasteiger partial charge in [0.2, 0.25) is 11.8 Å². The van der Waals surface area contributed by atoms with E-state index in [0.29, 0.717) is 18.1 Å². The summed E-state index contributed by atoms with van der Waals surface area (Å²) >= 11 is 9.46. The van der Waals surface area contributed by atoms with Gasteiger partial charge >= 0.3 is 0 Å². The quantitative estimate of drug-likeness (QED) is 0.839. The molecule has 4 nitrogen and oxygen atoms in total. The van der Waals surface area contributed by atoms with Gasteiger partial charge in [-0.2, -0.15) is 0 Å². The third-order valence-corrected chi connectivity index (χ3v) is 4.94. The van der Waals surface area contributed by atoms with Gasteiger partial charge in [-0.1, -0.05) is 45.7 Å². The fourth-order valence-electron chi connectivity index (χ4n) is 2.72. The number of anilines is 1. The molecule has 2 aromatic rings. The zero-order valence-corrected chi connectivity index (χ0v) is 15.2. The Morgan fingerprint density at radius 1 is 1.21 bits per heavy atom. The summed E-state index contributed by atoms with van der Waals surface area (Å²) in [6.45, 7) is 0.760. The van der Waals surface area contributed by atoms with E-state index < -0.39 is 0 Å². The number of halogens is 2. The van der Waals surface area contributed by atoms with E-state index in [4.69, 9.17) is 11.6 Å². The molecule has 6 heteroatoms. The Morgan fingerprint density at radius 2 is 1.92 bits per heavy atom. The summed E-state index contributed by atoms with van der Waals surface area (Å²) in [6, 6.07) is 14.9. The number of amides is 2. The van der Waals surface area contributed by atoms with Crippen molar-refractivity contribution in [3.8, 4) is 0 Å². The standard InChI is InChI=1S/C18H16BrClN2O2/c19-14-5-7-15(8-6-14)22-11-13(9-17(22)23)18(24)21-10-12-3-1-2-4-16(12)20/h1-8,13H,9-11H2,(H,21,24). The minimum atomic E-state index is -0.344. The molecule has 1 heterocycles. The second-order valence-corrected chi connectivity index (χ2v) is 7.01. The molecule has 0 aromatic heterocycles. The molecular weight excluding hydrogens is 392 g/mol. The molecule has 2 aromatic carbocycles. The van der Waals surface area contributed by atoms with E-state index in [0.717, 1.165) is 15.7 Å². The number of hydrogen-bond donors (Lipinski definition) is 1. The molecule has 124 valence electrons. The van der Waals surface area contributed by atoms with Gasteiger partial charge in [0.1, 0.15) is 0 Å². The van der Waals surface area contributed by atoms with Crippen molar-refractivity contribution >= 4 is 45.0 Å². The van der Waals surface area contributed by atoms with Crippen LogP contribution >= 0.6 is 27.5 Å². The van der Waals surface area contributed by atoms with Gasteiger partial charge in [0.05, 0.1) is 5.92 Å². The van der Waals surface area contributed by atoms with Crippen LogP contribution in [0.2, 0.25) is 5.02 Å². The fourth-order valence-corrected chi connectivity index (χ4v) is 3.19. The van der Waals surface area contributed by atoms with Crippen LogP contribution in [-0.4, -0.2) is 18.4 Å². The first-order valence-electron chi connectivity index (χ1n) is 7.61. The highest BCUT2D eigenvalue weighted by molar-refractivity contribution is 9.10. The van der Waals surface area contributed by atoms with Crippen molar-refractivity contribution in [3.63, 3.8) is 0 Å². The molecular formula is C18H16BrClN2O2. The number of hydrogen-bond acceptors (Lipinski definition) is 2. The molecule has 0 spiro atoms. The lowest BCUT2D eigenvalue weighted by Crippen LogP contribution is -2.32. The molecule has 1 unspecified atom stereocenters. The molecule has 0 radical (unpaired) electrons. The van der Waals surface area contributed by atoms with Crippen molar-refractivity contribution in [1.29, 1.82) is 0 Å². The lowest BCUT2D eigenvalue weighted by Gasteiger charge is -2.17. The van der Waals surface area contributed by atoms with Crippen molar-refractivity contribution in [2.75, 3.05) is 11.4 Å². The van der Waals surface area contributed by atoms with E-state index >= 15 is 0 Å². The first-order valence-corrected chi connectivity index (χ1v) is 8.79. The molecule has 3 rings (SSSR count). The first-order chi connectivity index (χ1) is 11.5. The average molecular weight is 408 g/mol. The SMILES string of the molecule is O=C(NCc1ccccc1Cl)C1CC(=O)N(c2ccc(Br)cc2)C1. The average Bonchev–Trinajstić information content (AvgIpc) is 2.96. The van der Waals surface area contributed by atoms with E-state index in [1.54, 1.807) is 11.0 Å².